The maximum absolute atomic E-state index is 12.0. The van der Waals surface area contributed by atoms with Gasteiger partial charge in [-0.3, -0.25) is 9.59 Å². The molecule has 0 aliphatic carbocycles. The molecule has 1 saturated heterocycles. The topological polar surface area (TPSA) is 104 Å². The lowest BCUT2D eigenvalue weighted by atomic mass is 9.83. The van der Waals surface area contributed by atoms with Crippen molar-refractivity contribution in [1.29, 1.82) is 0 Å². The molecule has 2 aliphatic rings. The van der Waals surface area contributed by atoms with Crippen molar-refractivity contribution in [1.82, 2.24) is 4.90 Å². The van der Waals surface area contributed by atoms with Crippen molar-refractivity contribution >= 4 is 17.8 Å². The van der Waals surface area contributed by atoms with Gasteiger partial charge >= 0.3 is 11.9 Å². The number of ether oxygens (including phenoxy) is 1. The quantitative estimate of drug-likeness (QED) is 0.414. The molecular weight excluding hydrogens is 278 g/mol. The van der Waals surface area contributed by atoms with Gasteiger partial charge in [-0.1, -0.05) is 0 Å². The van der Waals surface area contributed by atoms with Gasteiger partial charge < -0.3 is 19.8 Å². The van der Waals surface area contributed by atoms with Gasteiger partial charge in [-0.25, -0.2) is 4.79 Å². The molecule has 0 aromatic carbocycles. The summed E-state index contributed by atoms with van der Waals surface area (Å²) in [5.74, 6) is -2.35. The summed E-state index contributed by atoms with van der Waals surface area (Å²) in [5, 5.41) is 18.9. The number of hydrogen-bond donors (Lipinski definition) is 2. The van der Waals surface area contributed by atoms with E-state index in [0.717, 1.165) is 0 Å². The number of β-lactam (4-membered cyclic amide) rings is 1. The number of aliphatic hydroxyl groups excluding tert-OH is 1. The Morgan fingerprint density at radius 1 is 1.48 bits per heavy atom. The number of carboxylic acids is 1. The minimum absolute atomic E-state index is 0.0322. The Morgan fingerprint density at radius 3 is 2.67 bits per heavy atom. The molecule has 0 saturated carbocycles. The van der Waals surface area contributed by atoms with Crippen molar-refractivity contribution < 1.29 is 29.3 Å². The number of carboxylic acid groups (broad SMARTS) is 1. The van der Waals surface area contributed by atoms with Crippen LogP contribution in [0.25, 0.3) is 0 Å². The van der Waals surface area contributed by atoms with E-state index in [2.05, 4.69) is 0 Å². The van der Waals surface area contributed by atoms with E-state index in [1.165, 1.54) is 11.8 Å². The second kappa shape index (κ2) is 5.85. The average Bonchev–Trinajstić information content (AvgIpc) is 2.68. The highest BCUT2D eigenvalue weighted by Crippen LogP contribution is 2.44. The van der Waals surface area contributed by atoms with E-state index in [1.54, 1.807) is 6.92 Å². The van der Waals surface area contributed by atoms with Gasteiger partial charge in [-0.2, -0.15) is 0 Å². The van der Waals surface area contributed by atoms with Gasteiger partial charge in [0.05, 0.1) is 24.7 Å². The van der Waals surface area contributed by atoms with Gasteiger partial charge in [-0.15, -0.1) is 0 Å². The maximum atomic E-state index is 12.0. The van der Waals surface area contributed by atoms with Crippen LogP contribution in [0.1, 0.15) is 33.1 Å². The number of fused-ring (bicyclic) bond motifs is 1. The molecule has 21 heavy (non-hydrogen) atoms. The van der Waals surface area contributed by atoms with E-state index < -0.39 is 18.0 Å². The fraction of sp³-hybridized carbons (Fsp3) is 0.643. The van der Waals surface area contributed by atoms with Crippen LogP contribution in [-0.4, -0.2) is 51.7 Å². The van der Waals surface area contributed by atoms with Crippen LogP contribution < -0.4 is 0 Å². The minimum Gasteiger partial charge on any atom is -0.477 e. The van der Waals surface area contributed by atoms with E-state index in [9.17, 15) is 24.6 Å². The van der Waals surface area contributed by atoms with Crippen LogP contribution in [0.15, 0.2) is 11.3 Å². The van der Waals surface area contributed by atoms with E-state index in [-0.39, 0.29) is 30.2 Å². The average molecular weight is 297 g/mol. The smallest absolute Gasteiger partial charge is 0.352 e. The van der Waals surface area contributed by atoms with Crippen LogP contribution in [0.5, 0.6) is 0 Å². The van der Waals surface area contributed by atoms with E-state index in [1.807, 2.05) is 0 Å². The number of rotatable bonds is 6. The zero-order valence-corrected chi connectivity index (χ0v) is 12.0. The largest absolute Gasteiger partial charge is 0.477 e. The molecule has 7 nitrogen and oxygen atoms in total. The molecule has 7 heteroatoms. The Hall–Kier alpha value is -1.89. The molecule has 2 heterocycles. The third-order valence-corrected chi connectivity index (χ3v) is 3.95. The van der Waals surface area contributed by atoms with Gasteiger partial charge in [0.15, 0.2) is 0 Å². The fourth-order valence-electron chi connectivity index (χ4n) is 3.08. The van der Waals surface area contributed by atoms with Crippen molar-refractivity contribution in [2.75, 3.05) is 6.61 Å². The zero-order valence-electron chi connectivity index (χ0n) is 12.0. The third-order valence-electron chi connectivity index (χ3n) is 3.95. The normalized spacial score (nSPS) is 25.5. The number of hydrogen-bond acceptors (Lipinski definition) is 5. The zero-order chi connectivity index (χ0) is 15.7. The first kappa shape index (κ1) is 15.5. The van der Waals surface area contributed by atoms with Crippen LogP contribution in [0.3, 0.4) is 0 Å². The number of esters is 1. The molecule has 116 valence electrons. The molecule has 2 rings (SSSR count). The van der Waals surface area contributed by atoms with Crippen LogP contribution in [-0.2, 0) is 19.1 Å². The second-order valence-corrected chi connectivity index (χ2v) is 5.45. The number of amides is 1. The second-order valence-electron chi connectivity index (χ2n) is 5.45. The van der Waals surface area contributed by atoms with Crippen LogP contribution >= 0.6 is 0 Å². The lowest BCUT2D eigenvalue weighted by Crippen LogP contribution is -2.61. The predicted octanol–water partition coefficient (Wildman–Crippen LogP) is 0.280. The number of nitrogens with zero attached hydrogens (tertiary/aromatic N) is 1. The monoisotopic (exact) mass is 297 g/mol. The van der Waals surface area contributed by atoms with E-state index in [0.29, 0.717) is 24.8 Å². The molecule has 0 aromatic heterocycles. The molecule has 0 radical (unpaired) electrons. The van der Waals surface area contributed by atoms with Crippen molar-refractivity contribution in [2.24, 2.45) is 5.92 Å². The Balaban J connectivity index is 2.04. The highest BCUT2D eigenvalue weighted by molar-refractivity contribution is 5.99. The first-order chi connectivity index (χ1) is 9.84. The Kier molecular flexibility index (Phi) is 4.32. The van der Waals surface area contributed by atoms with Gasteiger partial charge in [0, 0.05) is 6.92 Å². The maximum Gasteiger partial charge on any atom is 0.352 e. The summed E-state index contributed by atoms with van der Waals surface area (Å²) in [6.45, 7) is 3.08. The Morgan fingerprint density at radius 2 is 2.14 bits per heavy atom. The van der Waals surface area contributed by atoms with Gasteiger partial charge in [-0.05, 0) is 31.8 Å². The summed E-state index contributed by atoms with van der Waals surface area (Å²) < 4.78 is 4.82. The Labute approximate surface area is 122 Å². The van der Waals surface area contributed by atoms with Crippen molar-refractivity contribution in [3.8, 4) is 0 Å². The van der Waals surface area contributed by atoms with E-state index in [4.69, 9.17) is 4.74 Å². The minimum atomic E-state index is -1.13. The molecule has 0 bridgehead atoms. The summed E-state index contributed by atoms with van der Waals surface area (Å²) in [4.78, 5) is 35.3. The first-order valence-corrected chi connectivity index (χ1v) is 6.94. The summed E-state index contributed by atoms with van der Waals surface area (Å²) in [6.07, 6.45) is 0.652. The Bertz CT molecular complexity index is 510. The molecule has 1 amide bonds. The molecule has 1 fully saturated rings. The standard InChI is InChI=1S/C14H19NO6/c1-7(16)11-10-6-9(4-3-5-21-8(2)17)12(14(19)20)15(10)13(11)18/h7,10-11,16H,3-6H2,1-2H3,(H,19,20)/t7-,10-,11-/m1/s1. The SMILES string of the molecule is CC(=O)OCCCC1=C(C(=O)O)N2C(=O)[C@H]([C@@H](C)O)[C@H]2C1. The molecule has 0 spiro atoms. The van der Waals surface area contributed by atoms with Gasteiger partial charge in [0.1, 0.15) is 5.70 Å². The van der Waals surface area contributed by atoms with Crippen molar-refractivity contribution in [3.63, 3.8) is 0 Å². The van der Waals surface area contributed by atoms with Crippen LogP contribution in [0, 0.1) is 5.92 Å². The lowest BCUT2D eigenvalue weighted by molar-refractivity contribution is -0.161. The third kappa shape index (κ3) is 2.78. The van der Waals surface area contributed by atoms with Crippen molar-refractivity contribution in [3.05, 3.63) is 11.3 Å². The van der Waals surface area contributed by atoms with Crippen molar-refractivity contribution in [2.45, 2.75) is 45.3 Å². The number of carbonyl (C=O) groups excluding carboxylic acids is 2. The number of aliphatic carboxylic acids is 1. The van der Waals surface area contributed by atoms with Crippen LogP contribution in [0.4, 0.5) is 0 Å². The highest BCUT2D eigenvalue weighted by atomic mass is 16.5. The molecule has 2 N–H and O–H groups in total. The predicted molar refractivity (Wildman–Crippen MR) is 71.0 cm³/mol. The summed E-state index contributed by atoms with van der Waals surface area (Å²) in [7, 11) is 0. The molecule has 2 aliphatic heterocycles. The van der Waals surface area contributed by atoms with E-state index >= 15 is 0 Å². The highest BCUT2D eigenvalue weighted by Gasteiger charge is 2.56. The molecule has 0 unspecified atom stereocenters. The number of aliphatic hydroxyl groups is 1. The molecular formula is C14H19NO6. The summed E-state index contributed by atoms with van der Waals surface area (Å²) >= 11 is 0. The van der Waals surface area contributed by atoms with Gasteiger partial charge in [0.2, 0.25) is 5.91 Å². The lowest BCUT2D eigenvalue weighted by Gasteiger charge is -2.44. The van der Waals surface area contributed by atoms with Gasteiger partial charge in [0.25, 0.3) is 0 Å². The van der Waals surface area contributed by atoms with Crippen LogP contribution in [0.2, 0.25) is 0 Å². The fourth-order valence-corrected chi connectivity index (χ4v) is 3.08. The summed E-state index contributed by atoms with van der Waals surface area (Å²) in [5.41, 5.74) is 0.709. The first-order valence-electron chi connectivity index (χ1n) is 6.94. The number of carbonyl (C=O) groups is 3. The molecule has 3 atom stereocenters. The molecule has 0 aromatic rings. The summed E-state index contributed by atoms with van der Waals surface area (Å²) in [6, 6.07) is -0.257.